The second-order valence-corrected chi connectivity index (χ2v) is 5.09. The van der Waals surface area contributed by atoms with Crippen molar-refractivity contribution < 1.29 is 4.74 Å². The molecule has 2 unspecified atom stereocenters. The summed E-state index contributed by atoms with van der Waals surface area (Å²) in [5.74, 6) is 0. The highest BCUT2D eigenvalue weighted by Crippen LogP contribution is 2.08. The molecule has 2 aromatic carbocycles. The molecule has 0 N–H and O–H groups in total. The van der Waals surface area contributed by atoms with Gasteiger partial charge in [-0.15, -0.1) is 0 Å². The Labute approximate surface area is 127 Å². The predicted octanol–water partition coefficient (Wildman–Crippen LogP) is 5.21. The molecule has 108 valence electrons. The fourth-order valence-corrected chi connectivity index (χ4v) is 2.05. The summed E-state index contributed by atoms with van der Waals surface area (Å²) in [4.78, 5) is 0. The molecular weight excluding hydrogens is 256 g/mol. The molecule has 0 saturated carbocycles. The Morgan fingerprint density at radius 2 is 1.05 bits per heavy atom. The van der Waals surface area contributed by atoms with Crippen molar-refractivity contribution in [2.75, 3.05) is 0 Å². The van der Waals surface area contributed by atoms with Crippen LogP contribution in [0.5, 0.6) is 0 Å². The molecule has 0 aliphatic rings. The second kappa shape index (κ2) is 8.23. The zero-order chi connectivity index (χ0) is 14.9. The first kappa shape index (κ1) is 15.3. The molecule has 0 aliphatic heterocycles. The molecule has 0 fully saturated rings. The minimum atomic E-state index is 0.0839. The van der Waals surface area contributed by atoms with E-state index in [-0.39, 0.29) is 12.2 Å². The molecule has 2 rings (SSSR count). The van der Waals surface area contributed by atoms with E-state index in [4.69, 9.17) is 4.74 Å². The summed E-state index contributed by atoms with van der Waals surface area (Å²) >= 11 is 0. The number of hydrogen-bond donors (Lipinski definition) is 0. The lowest BCUT2D eigenvalue weighted by Crippen LogP contribution is -2.12. The van der Waals surface area contributed by atoms with Gasteiger partial charge in [0.05, 0.1) is 12.2 Å². The first-order chi connectivity index (χ1) is 10.2. The Bertz CT molecular complexity index is 516. The maximum Gasteiger partial charge on any atom is 0.0738 e. The molecule has 0 radical (unpaired) electrons. The van der Waals surface area contributed by atoms with Crippen LogP contribution in [0.4, 0.5) is 0 Å². The lowest BCUT2D eigenvalue weighted by Gasteiger charge is -2.13. The SMILES string of the molecule is CC(/C=C/c1ccccc1)OC(C)/C=C/c1ccccc1. The summed E-state index contributed by atoms with van der Waals surface area (Å²) in [5, 5.41) is 0. The number of hydrogen-bond acceptors (Lipinski definition) is 1. The predicted molar refractivity (Wildman–Crippen MR) is 91.0 cm³/mol. The second-order valence-electron chi connectivity index (χ2n) is 5.09. The third-order valence-corrected chi connectivity index (χ3v) is 3.15. The van der Waals surface area contributed by atoms with Crippen LogP contribution in [-0.4, -0.2) is 12.2 Å². The van der Waals surface area contributed by atoms with Crippen LogP contribution in [0.2, 0.25) is 0 Å². The fraction of sp³-hybridized carbons (Fsp3) is 0.200. The van der Waals surface area contributed by atoms with Crippen molar-refractivity contribution in [3.8, 4) is 0 Å². The van der Waals surface area contributed by atoms with E-state index >= 15 is 0 Å². The van der Waals surface area contributed by atoms with Gasteiger partial charge in [-0.3, -0.25) is 0 Å². The average molecular weight is 278 g/mol. The molecule has 0 bridgehead atoms. The van der Waals surface area contributed by atoms with Crippen molar-refractivity contribution >= 4 is 12.2 Å². The summed E-state index contributed by atoms with van der Waals surface area (Å²) < 4.78 is 5.92. The Morgan fingerprint density at radius 3 is 1.43 bits per heavy atom. The van der Waals surface area contributed by atoms with Crippen molar-refractivity contribution in [3.05, 3.63) is 83.9 Å². The number of benzene rings is 2. The molecule has 0 aromatic heterocycles. The van der Waals surface area contributed by atoms with E-state index in [9.17, 15) is 0 Å². The summed E-state index contributed by atoms with van der Waals surface area (Å²) in [5.41, 5.74) is 2.39. The van der Waals surface area contributed by atoms with Crippen LogP contribution in [-0.2, 0) is 4.74 Å². The van der Waals surface area contributed by atoms with Gasteiger partial charge in [0.25, 0.3) is 0 Å². The Kier molecular flexibility index (Phi) is 5.99. The average Bonchev–Trinajstić information content (AvgIpc) is 2.53. The largest absolute Gasteiger partial charge is 0.367 e. The standard InChI is InChI=1S/C20H22O/c1-17(13-15-19-9-5-3-6-10-19)21-18(2)14-16-20-11-7-4-8-12-20/h3-18H,1-2H3/b15-13+,16-14+. The summed E-state index contributed by atoms with van der Waals surface area (Å²) in [6, 6.07) is 20.5. The fourth-order valence-electron chi connectivity index (χ4n) is 2.05. The van der Waals surface area contributed by atoms with Gasteiger partial charge in [0.2, 0.25) is 0 Å². The zero-order valence-electron chi connectivity index (χ0n) is 12.6. The molecule has 1 heteroatoms. The normalized spacial score (nSPS) is 14.6. The topological polar surface area (TPSA) is 9.23 Å². The quantitative estimate of drug-likeness (QED) is 0.705. The molecule has 0 amide bonds. The van der Waals surface area contributed by atoms with Crippen molar-refractivity contribution in [3.63, 3.8) is 0 Å². The Morgan fingerprint density at radius 1 is 0.667 bits per heavy atom. The Hall–Kier alpha value is -2.12. The molecule has 0 aliphatic carbocycles. The molecule has 2 atom stereocenters. The third kappa shape index (κ3) is 5.80. The van der Waals surface area contributed by atoms with Crippen molar-refractivity contribution in [2.45, 2.75) is 26.1 Å². The van der Waals surface area contributed by atoms with Crippen LogP contribution in [0.15, 0.2) is 72.8 Å². The summed E-state index contributed by atoms with van der Waals surface area (Å²) in [6.45, 7) is 4.12. The van der Waals surface area contributed by atoms with Crippen molar-refractivity contribution in [2.24, 2.45) is 0 Å². The molecule has 1 nitrogen and oxygen atoms in total. The van der Waals surface area contributed by atoms with Crippen LogP contribution in [0.1, 0.15) is 25.0 Å². The van der Waals surface area contributed by atoms with Gasteiger partial charge in [0.1, 0.15) is 0 Å². The van der Waals surface area contributed by atoms with Gasteiger partial charge in [-0.2, -0.15) is 0 Å². The monoisotopic (exact) mass is 278 g/mol. The van der Waals surface area contributed by atoms with Crippen molar-refractivity contribution in [1.82, 2.24) is 0 Å². The van der Waals surface area contributed by atoms with Gasteiger partial charge >= 0.3 is 0 Å². The first-order valence-corrected chi connectivity index (χ1v) is 7.36. The van der Waals surface area contributed by atoms with E-state index < -0.39 is 0 Å². The molecule has 21 heavy (non-hydrogen) atoms. The van der Waals surface area contributed by atoms with Gasteiger partial charge in [0.15, 0.2) is 0 Å². The van der Waals surface area contributed by atoms with Crippen LogP contribution in [0.25, 0.3) is 12.2 Å². The van der Waals surface area contributed by atoms with Crippen molar-refractivity contribution in [1.29, 1.82) is 0 Å². The van der Waals surface area contributed by atoms with E-state index in [2.05, 4.69) is 62.4 Å². The van der Waals surface area contributed by atoms with E-state index in [0.717, 1.165) is 0 Å². The lowest BCUT2D eigenvalue weighted by molar-refractivity contribution is 0.0640. The first-order valence-electron chi connectivity index (χ1n) is 7.36. The molecular formula is C20H22O. The van der Waals surface area contributed by atoms with Crippen LogP contribution >= 0.6 is 0 Å². The van der Waals surface area contributed by atoms with Gasteiger partial charge in [-0.05, 0) is 25.0 Å². The van der Waals surface area contributed by atoms with Crippen LogP contribution in [0.3, 0.4) is 0 Å². The van der Waals surface area contributed by atoms with Gasteiger partial charge in [-0.1, -0.05) is 85.0 Å². The van der Waals surface area contributed by atoms with Gasteiger partial charge < -0.3 is 4.74 Å². The third-order valence-electron chi connectivity index (χ3n) is 3.15. The van der Waals surface area contributed by atoms with E-state index in [1.165, 1.54) is 11.1 Å². The zero-order valence-corrected chi connectivity index (χ0v) is 12.6. The molecule has 0 spiro atoms. The van der Waals surface area contributed by atoms with Gasteiger partial charge in [0, 0.05) is 0 Å². The summed E-state index contributed by atoms with van der Waals surface area (Å²) in [6.07, 6.45) is 8.53. The smallest absolute Gasteiger partial charge is 0.0738 e. The summed E-state index contributed by atoms with van der Waals surface area (Å²) in [7, 11) is 0. The highest BCUT2D eigenvalue weighted by Gasteiger charge is 2.02. The van der Waals surface area contributed by atoms with Crippen LogP contribution < -0.4 is 0 Å². The number of rotatable bonds is 6. The van der Waals surface area contributed by atoms with Gasteiger partial charge in [-0.25, -0.2) is 0 Å². The minimum absolute atomic E-state index is 0.0839. The highest BCUT2D eigenvalue weighted by atomic mass is 16.5. The minimum Gasteiger partial charge on any atom is -0.367 e. The number of ether oxygens (including phenoxy) is 1. The van der Waals surface area contributed by atoms with E-state index in [1.807, 2.05) is 36.4 Å². The Balaban J connectivity index is 1.83. The van der Waals surface area contributed by atoms with Crippen LogP contribution in [0, 0.1) is 0 Å². The lowest BCUT2D eigenvalue weighted by atomic mass is 10.2. The molecule has 2 aromatic rings. The highest BCUT2D eigenvalue weighted by molar-refractivity contribution is 5.50. The van der Waals surface area contributed by atoms with E-state index in [0.29, 0.717) is 0 Å². The maximum absolute atomic E-state index is 5.92. The van der Waals surface area contributed by atoms with E-state index in [1.54, 1.807) is 0 Å². The maximum atomic E-state index is 5.92. The molecule has 0 saturated heterocycles. The molecule has 0 heterocycles.